The molecule has 2 atom stereocenters. The van der Waals surface area contributed by atoms with E-state index in [0.29, 0.717) is 28.5 Å². The Labute approximate surface area is 138 Å². The lowest BCUT2D eigenvalue weighted by Gasteiger charge is -2.36. The van der Waals surface area contributed by atoms with E-state index in [-0.39, 0.29) is 41.0 Å². The van der Waals surface area contributed by atoms with E-state index in [9.17, 15) is 19.8 Å². The number of fused-ring (bicyclic) bond motifs is 4. The van der Waals surface area contributed by atoms with Gasteiger partial charge in [-0.2, -0.15) is 0 Å². The highest BCUT2D eigenvalue weighted by Crippen LogP contribution is 2.53. The Morgan fingerprint density at radius 1 is 1.17 bits per heavy atom. The van der Waals surface area contributed by atoms with Crippen LogP contribution < -0.4 is 4.74 Å². The first kappa shape index (κ1) is 15.0. The van der Waals surface area contributed by atoms with E-state index in [1.54, 1.807) is 18.2 Å². The number of benzene rings is 2. The van der Waals surface area contributed by atoms with Crippen LogP contribution in [0, 0.1) is 5.92 Å². The third kappa shape index (κ3) is 1.87. The predicted octanol–water partition coefficient (Wildman–Crippen LogP) is 3.30. The van der Waals surface area contributed by atoms with Crippen LogP contribution in [0.2, 0.25) is 0 Å². The summed E-state index contributed by atoms with van der Waals surface area (Å²) < 4.78 is 5.27. The molecular formula is C19H18O5. The minimum absolute atomic E-state index is 0.0388. The van der Waals surface area contributed by atoms with Gasteiger partial charge >= 0.3 is 0 Å². The minimum Gasteiger partial charge on any atom is -0.507 e. The molecule has 2 aliphatic rings. The van der Waals surface area contributed by atoms with E-state index in [0.717, 1.165) is 12.8 Å². The van der Waals surface area contributed by atoms with Crippen molar-refractivity contribution in [2.24, 2.45) is 5.92 Å². The molecule has 0 spiro atoms. The standard InChI is InChI=1S/C19H18O5/c1-24-13-7-3-5-10-15(13)19(23)16-12(21)8-9-4-2-6-11(20)14(9)17(16)18(10)22/h3,5,7,9,14,22-23H,2,4,6,8H2,1H3. The second-order valence-corrected chi connectivity index (χ2v) is 6.59. The summed E-state index contributed by atoms with van der Waals surface area (Å²) in [6, 6.07) is 5.03. The maximum Gasteiger partial charge on any atom is 0.167 e. The van der Waals surface area contributed by atoms with Crippen LogP contribution >= 0.6 is 0 Å². The van der Waals surface area contributed by atoms with Gasteiger partial charge in [-0.3, -0.25) is 9.59 Å². The van der Waals surface area contributed by atoms with Gasteiger partial charge in [0.2, 0.25) is 0 Å². The van der Waals surface area contributed by atoms with Gasteiger partial charge in [0, 0.05) is 23.8 Å². The van der Waals surface area contributed by atoms with Crippen molar-refractivity contribution in [1.82, 2.24) is 0 Å². The lowest BCUT2D eigenvalue weighted by molar-refractivity contribution is -0.123. The molecule has 0 saturated heterocycles. The summed E-state index contributed by atoms with van der Waals surface area (Å²) in [6.45, 7) is 0. The molecular weight excluding hydrogens is 308 g/mol. The number of carbonyl (C=O) groups excluding carboxylic acids is 2. The van der Waals surface area contributed by atoms with Crippen LogP contribution in [-0.2, 0) is 4.79 Å². The van der Waals surface area contributed by atoms with Crippen molar-refractivity contribution < 1.29 is 24.5 Å². The second-order valence-electron chi connectivity index (χ2n) is 6.59. The smallest absolute Gasteiger partial charge is 0.167 e. The number of Topliss-reactive ketones (excluding diaryl/α,β-unsaturated/α-hetero) is 2. The number of hydrogen-bond acceptors (Lipinski definition) is 5. The molecule has 0 aliphatic heterocycles. The third-order valence-electron chi connectivity index (χ3n) is 5.35. The van der Waals surface area contributed by atoms with Crippen molar-refractivity contribution >= 4 is 22.3 Å². The molecule has 2 aliphatic carbocycles. The topological polar surface area (TPSA) is 83.8 Å². The molecule has 2 unspecified atom stereocenters. The van der Waals surface area contributed by atoms with E-state index in [1.807, 2.05) is 0 Å². The van der Waals surface area contributed by atoms with Gasteiger partial charge in [0.15, 0.2) is 5.78 Å². The van der Waals surface area contributed by atoms with Gasteiger partial charge in [0.25, 0.3) is 0 Å². The number of phenols is 2. The van der Waals surface area contributed by atoms with E-state index in [1.165, 1.54) is 7.11 Å². The molecule has 0 amide bonds. The van der Waals surface area contributed by atoms with Gasteiger partial charge in [0.05, 0.1) is 24.0 Å². The molecule has 5 heteroatoms. The maximum absolute atomic E-state index is 12.6. The molecule has 0 heterocycles. The third-order valence-corrected chi connectivity index (χ3v) is 5.35. The molecule has 0 radical (unpaired) electrons. The first-order valence-electron chi connectivity index (χ1n) is 8.15. The molecule has 124 valence electrons. The Morgan fingerprint density at radius 2 is 1.96 bits per heavy atom. The molecule has 1 saturated carbocycles. The average molecular weight is 326 g/mol. The summed E-state index contributed by atoms with van der Waals surface area (Å²) in [4.78, 5) is 25.1. The van der Waals surface area contributed by atoms with Gasteiger partial charge in [-0.05, 0) is 24.8 Å². The van der Waals surface area contributed by atoms with Crippen LogP contribution in [-0.4, -0.2) is 28.9 Å². The fraction of sp³-hybridized carbons (Fsp3) is 0.368. The molecule has 4 rings (SSSR count). The van der Waals surface area contributed by atoms with Gasteiger partial charge in [-0.25, -0.2) is 0 Å². The van der Waals surface area contributed by atoms with Crippen LogP contribution in [0.15, 0.2) is 18.2 Å². The highest BCUT2D eigenvalue weighted by Gasteiger charge is 2.44. The van der Waals surface area contributed by atoms with E-state index in [2.05, 4.69) is 0 Å². The Hall–Kier alpha value is -2.56. The number of ketones is 2. The Kier molecular flexibility index (Phi) is 3.27. The Morgan fingerprint density at radius 3 is 2.71 bits per heavy atom. The molecule has 0 bridgehead atoms. The number of ether oxygens (including phenoxy) is 1. The highest BCUT2D eigenvalue weighted by molar-refractivity contribution is 6.13. The first-order valence-corrected chi connectivity index (χ1v) is 8.15. The fourth-order valence-electron chi connectivity index (χ4n) is 4.32. The SMILES string of the molecule is COc1cccc2c(O)c3c(c(O)c12)C(=O)CC1CCCC(=O)C31. The number of aromatic hydroxyl groups is 2. The lowest BCUT2D eigenvalue weighted by Crippen LogP contribution is -2.33. The number of carbonyl (C=O) groups is 2. The van der Waals surface area contributed by atoms with Crippen LogP contribution in [0.4, 0.5) is 0 Å². The van der Waals surface area contributed by atoms with Gasteiger partial charge in [0.1, 0.15) is 23.0 Å². The lowest BCUT2D eigenvalue weighted by atomic mass is 9.66. The molecule has 2 N–H and O–H groups in total. The summed E-state index contributed by atoms with van der Waals surface area (Å²) in [5.41, 5.74) is 0.389. The zero-order valence-corrected chi connectivity index (χ0v) is 13.3. The first-order chi connectivity index (χ1) is 11.5. The Bertz CT molecular complexity index is 883. The minimum atomic E-state index is -0.507. The molecule has 1 fully saturated rings. The van der Waals surface area contributed by atoms with Gasteiger partial charge < -0.3 is 14.9 Å². The summed E-state index contributed by atoms with van der Waals surface area (Å²) in [6.07, 6.45) is 2.25. The van der Waals surface area contributed by atoms with Crippen LogP contribution in [0.3, 0.4) is 0 Å². The summed E-state index contributed by atoms with van der Waals surface area (Å²) >= 11 is 0. The van der Waals surface area contributed by atoms with E-state index >= 15 is 0 Å². The number of rotatable bonds is 1. The molecule has 2 aromatic carbocycles. The van der Waals surface area contributed by atoms with Crippen molar-refractivity contribution in [2.45, 2.75) is 31.6 Å². The fourth-order valence-corrected chi connectivity index (χ4v) is 4.32. The van der Waals surface area contributed by atoms with Crippen molar-refractivity contribution in [3.63, 3.8) is 0 Å². The van der Waals surface area contributed by atoms with Crippen LogP contribution in [0.25, 0.3) is 10.8 Å². The Balaban J connectivity index is 2.11. The second kappa shape index (κ2) is 5.23. The normalized spacial score (nSPS) is 23.0. The summed E-state index contributed by atoms with van der Waals surface area (Å²) in [5.74, 6) is -0.675. The van der Waals surface area contributed by atoms with Crippen molar-refractivity contribution in [3.8, 4) is 17.2 Å². The summed E-state index contributed by atoms with van der Waals surface area (Å²) in [5, 5.41) is 22.3. The molecule has 2 aromatic rings. The maximum atomic E-state index is 12.6. The van der Waals surface area contributed by atoms with Crippen molar-refractivity contribution in [3.05, 3.63) is 29.3 Å². The zero-order chi connectivity index (χ0) is 17.0. The number of methoxy groups -OCH3 is 1. The number of phenolic OH excluding ortho intramolecular Hbond substituents is 2. The van der Waals surface area contributed by atoms with Gasteiger partial charge in [-0.15, -0.1) is 0 Å². The number of hydrogen-bond donors (Lipinski definition) is 2. The monoisotopic (exact) mass is 326 g/mol. The molecule has 0 aromatic heterocycles. The van der Waals surface area contributed by atoms with E-state index < -0.39 is 5.92 Å². The molecule has 5 nitrogen and oxygen atoms in total. The van der Waals surface area contributed by atoms with Crippen LogP contribution in [0.5, 0.6) is 17.2 Å². The summed E-state index contributed by atoms with van der Waals surface area (Å²) in [7, 11) is 1.47. The highest BCUT2D eigenvalue weighted by atomic mass is 16.5. The largest absolute Gasteiger partial charge is 0.507 e. The van der Waals surface area contributed by atoms with Crippen molar-refractivity contribution in [2.75, 3.05) is 7.11 Å². The van der Waals surface area contributed by atoms with E-state index in [4.69, 9.17) is 4.74 Å². The van der Waals surface area contributed by atoms with Gasteiger partial charge in [-0.1, -0.05) is 12.1 Å². The van der Waals surface area contributed by atoms with Crippen LogP contribution in [0.1, 0.15) is 47.5 Å². The predicted molar refractivity (Wildman–Crippen MR) is 87.9 cm³/mol. The zero-order valence-electron chi connectivity index (χ0n) is 13.3. The average Bonchev–Trinajstić information content (AvgIpc) is 2.58. The molecule has 24 heavy (non-hydrogen) atoms. The quantitative estimate of drug-likeness (QED) is 0.786. The van der Waals surface area contributed by atoms with Crippen molar-refractivity contribution in [1.29, 1.82) is 0 Å².